The average molecular weight is 444 g/mol. The van der Waals surface area contributed by atoms with Gasteiger partial charge in [0.15, 0.2) is 5.16 Å². The molecule has 8 heteroatoms. The minimum absolute atomic E-state index is 0.0336. The van der Waals surface area contributed by atoms with Gasteiger partial charge >= 0.3 is 0 Å². The summed E-state index contributed by atoms with van der Waals surface area (Å²) in [5.74, 6) is 1.37. The number of hydrogen-bond acceptors (Lipinski definition) is 7. The fourth-order valence-corrected chi connectivity index (χ4v) is 6.02. The van der Waals surface area contributed by atoms with Crippen LogP contribution in [0, 0.1) is 13.8 Å². The summed E-state index contributed by atoms with van der Waals surface area (Å²) in [4.78, 5) is 25.0. The van der Waals surface area contributed by atoms with Crippen molar-refractivity contribution in [3.8, 4) is 11.4 Å². The molecule has 1 aromatic carbocycles. The van der Waals surface area contributed by atoms with Gasteiger partial charge in [0, 0.05) is 22.1 Å². The molecule has 0 N–H and O–H groups in total. The summed E-state index contributed by atoms with van der Waals surface area (Å²) >= 11 is 4.78. The van der Waals surface area contributed by atoms with E-state index in [-0.39, 0.29) is 5.56 Å². The minimum atomic E-state index is -0.0336. The van der Waals surface area contributed by atoms with E-state index in [2.05, 4.69) is 17.3 Å². The third kappa shape index (κ3) is 3.84. The fraction of sp³-hybridized carbons (Fsp3) is 0.286. The summed E-state index contributed by atoms with van der Waals surface area (Å²) < 4.78 is 7.07. The Labute approximate surface area is 181 Å². The van der Waals surface area contributed by atoms with Crippen molar-refractivity contribution in [2.75, 3.05) is 7.11 Å². The highest BCUT2D eigenvalue weighted by Gasteiger charge is 2.19. The van der Waals surface area contributed by atoms with Crippen LogP contribution in [0.3, 0.4) is 0 Å². The van der Waals surface area contributed by atoms with Gasteiger partial charge in [-0.3, -0.25) is 9.36 Å². The van der Waals surface area contributed by atoms with Gasteiger partial charge in [-0.1, -0.05) is 24.8 Å². The van der Waals surface area contributed by atoms with Crippen LogP contribution in [0.15, 0.2) is 39.6 Å². The maximum atomic E-state index is 13.6. The number of hydrogen-bond donors (Lipinski definition) is 0. The molecule has 0 aliphatic heterocycles. The molecule has 3 aromatic heterocycles. The van der Waals surface area contributed by atoms with Crippen LogP contribution in [0.4, 0.5) is 0 Å². The lowest BCUT2D eigenvalue weighted by molar-refractivity contribution is 0.414. The Hall–Kier alpha value is -2.16. The molecule has 4 aromatic rings. The molecule has 0 unspecified atom stereocenters. The molecule has 0 radical (unpaired) electrons. The number of benzene rings is 1. The lowest BCUT2D eigenvalue weighted by Crippen LogP contribution is -2.21. The van der Waals surface area contributed by atoms with Gasteiger partial charge in [-0.15, -0.1) is 22.7 Å². The molecule has 29 heavy (non-hydrogen) atoms. The van der Waals surface area contributed by atoms with Crippen molar-refractivity contribution >= 4 is 44.7 Å². The second-order valence-corrected chi connectivity index (χ2v) is 9.66. The first-order valence-electron chi connectivity index (χ1n) is 9.25. The normalized spacial score (nSPS) is 11.3. The quantitative estimate of drug-likeness (QED) is 0.296. The molecule has 4 rings (SSSR count). The number of fused-ring (bicyclic) bond motifs is 1. The zero-order chi connectivity index (χ0) is 20.5. The van der Waals surface area contributed by atoms with Crippen molar-refractivity contribution in [3.05, 3.63) is 61.1 Å². The number of ether oxygens (including phenoxy) is 1. The van der Waals surface area contributed by atoms with E-state index in [0.717, 1.165) is 33.2 Å². The Morgan fingerprint density at radius 2 is 2.07 bits per heavy atom. The summed E-state index contributed by atoms with van der Waals surface area (Å²) in [5, 5.41) is 4.48. The number of thiazole rings is 1. The van der Waals surface area contributed by atoms with Crippen molar-refractivity contribution in [2.24, 2.45) is 0 Å². The van der Waals surface area contributed by atoms with E-state index in [4.69, 9.17) is 9.72 Å². The number of aromatic nitrogens is 3. The molecule has 0 atom stereocenters. The molecule has 0 amide bonds. The molecule has 0 spiro atoms. The lowest BCUT2D eigenvalue weighted by atomic mass is 10.2. The van der Waals surface area contributed by atoms with Crippen LogP contribution in [0.1, 0.15) is 28.1 Å². The lowest BCUT2D eigenvalue weighted by Gasteiger charge is -2.13. The molecular formula is C21H21N3O2S3. The SMILES string of the molecule is CCc1sc2nc(SCc3csc(C)n3)n(-c3cccc(OC)c3)c(=O)c2c1C. The molecule has 0 aliphatic rings. The van der Waals surface area contributed by atoms with Gasteiger partial charge in [0.25, 0.3) is 5.56 Å². The molecule has 150 valence electrons. The summed E-state index contributed by atoms with van der Waals surface area (Å²) in [6, 6.07) is 7.54. The fourth-order valence-electron chi connectivity index (χ4n) is 3.23. The monoisotopic (exact) mass is 443 g/mol. The third-order valence-electron chi connectivity index (χ3n) is 4.68. The number of thioether (sulfide) groups is 1. The number of nitrogens with zero attached hydrogens (tertiary/aromatic N) is 3. The van der Waals surface area contributed by atoms with Crippen LogP contribution < -0.4 is 10.3 Å². The van der Waals surface area contributed by atoms with Gasteiger partial charge in [0.05, 0.1) is 28.9 Å². The van der Waals surface area contributed by atoms with E-state index < -0.39 is 0 Å². The van der Waals surface area contributed by atoms with Crippen molar-refractivity contribution in [1.82, 2.24) is 14.5 Å². The highest BCUT2D eigenvalue weighted by Crippen LogP contribution is 2.32. The topological polar surface area (TPSA) is 57.0 Å². The smallest absolute Gasteiger partial charge is 0.267 e. The largest absolute Gasteiger partial charge is 0.497 e. The van der Waals surface area contributed by atoms with Crippen LogP contribution >= 0.6 is 34.4 Å². The Balaban J connectivity index is 1.90. The van der Waals surface area contributed by atoms with Crippen molar-refractivity contribution in [1.29, 1.82) is 0 Å². The first-order chi connectivity index (χ1) is 14.0. The molecule has 0 saturated carbocycles. The first kappa shape index (κ1) is 20.1. The maximum Gasteiger partial charge on any atom is 0.267 e. The summed E-state index contributed by atoms with van der Waals surface area (Å²) in [6.45, 7) is 6.12. The molecule has 0 bridgehead atoms. The summed E-state index contributed by atoms with van der Waals surface area (Å²) in [5.41, 5.74) is 2.76. The van der Waals surface area contributed by atoms with Crippen molar-refractivity contribution < 1.29 is 4.74 Å². The molecular weight excluding hydrogens is 422 g/mol. The minimum Gasteiger partial charge on any atom is -0.497 e. The highest BCUT2D eigenvalue weighted by atomic mass is 32.2. The number of methoxy groups -OCH3 is 1. The van der Waals surface area contributed by atoms with Crippen LogP contribution in [0.5, 0.6) is 5.75 Å². The van der Waals surface area contributed by atoms with E-state index >= 15 is 0 Å². The van der Waals surface area contributed by atoms with Gasteiger partial charge in [0.2, 0.25) is 0 Å². The zero-order valence-electron chi connectivity index (χ0n) is 16.7. The Morgan fingerprint density at radius 3 is 2.76 bits per heavy atom. The Kier molecular flexibility index (Phi) is 5.76. The van der Waals surface area contributed by atoms with E-state index in [1.165, 1.54) is 16.6 Å². The third-order valence-corrected chi connectivity index (χ3v) is 7.81. The summed E-state index contributed by atoms with van der Waals surface area (Å²) in [7, 11) is 1.63. The average Bonchev–Trinajstić information content (AvgIpc) is 3.29. The van der Waals surface area contributed by atoms with E-state index in [1.807, 2.05) is 38.1 Å². The van der Waals surface area contributed by atoms with Crippen molar-refractivity contribution in [3.63, 3.8) is 0 Å². The predicted octanol–water partition coefficient (Wildman–Crippen LogP) is 5.38. The van der Waals surface area contributed by atoms with E-state index in [0.29, 0.717) is 22.0 Å². The number of rotatable bonds is 6. The van der Waals surface area contributed by atoms with Crippen molar-refractivity contribution in [2.45, 2.75) is 38.1 Å². The Bertz CT molecular complexity index is 1240. The number of thiophene rings is 1. The molecule has 0 fully saturated rings. The van der Waals surface area contributed by atoms with Gasteiger partial charge in [-0.05, 0) is 38.0 Å². The first-order valence-corrected chi connectivity index (χ1v) is 11.9. The molecule has 3 heterocycles. The summed E-state index contributed by atoms with van der Waals surface area (Å²) in [6.07, 6.45) is 0.895. The van der Waals surface area contributed by atoms with E-state index in [1.54, 1.807) is 34.4 Å². The second kappa shape index (κ2) is 8.30. The Morgan fingerprint density at radius 1 is 1.24 bits per heavy atom. The van der Waals surface area contributed by atoms with E-state index in [9.17, 15) is 4.79 Å². The van der Waals surface area contributed by atoms with Gasteiger partial charge in [-0.25, -0.2) is 9.97 Å². The van der Waals surface area contributed by atoms with Crippen LogP contribution in [0.25, 0.3) is 15.9 Å². The second-order valence-electron chi connectivity index (χ2n) is 6.57. The highest BCUT2D eigenvalue weighted by molar-refractivity contribution is 7.98. The maximum absolute atomic E-state index is 13.6. The molecule has 0 aliphatic carbocycles. The molecule has 5 nitrogen and oxygen atoms in total. The molecule has 0 saturated heterocycles. The standard InChI is InChI=1S/C21H21N3O2S3/c1-5-17-12(2)18-19(29-17)23-21(28-11-14-10-27-13(3)22-14)24(20(18)25)15-7-6-8-16(9-15)26-4/h6-10H,5,11H2,1-4H3. The predicted molar refractivity (Wildman–Crippen MR) is 122 cm³/mol. The number of aryl methyl sites for hydroxylation is 3. The van der Waals surface area contributed by atoms with Gasteiger partial charge in [-0.2, -0.15) is 0 Å². The van der Waals surface area contributed by atoms with Gasteiger partial charge in [0.1, 0.15) is 10.6 Å². The van der Waals surface area contributed by atoms with Gasteiger partial charge < -0.3 is 4.74 Å². The van der Waals surface area contributed by atoms with Crippen LogP contribution in [-0.2, 0) is 12.2 Å². The van der Waals surface area contributed by atoms with Crippen LogP contribution in [0.2, 0.25) is 0 Å². The zero-order valence-corrected chi connectivity index (χ0v) is 19.1. The van der Waals surface area contributed by atoms with Crippen LogP contribution in [-0.4, -0.2) is 21.6 Å².